The molecule has 1 N–H and O–H groups in total. The topological polar surface area (TPSA) is 80.7 Å². The monoisotopic (exact) mass is 314 g/mol. The maximum Gasteiger partial charge on any atom is 0.338 e. The van der Waals surface area contributed by atoms with E-state index in [4.69, 9.17) is 9.29 Å². The zero-order valence-electron chi connectivity index (χ0n) is 12.8. The second-order valence-electron chi connectivity index (χ2n) is 5.62. The minimum atomic E-state index is -4.12. The fourth-order valence-electron chi connectivity index (χ4n) is 1.78. The van der Waals surface area contributed by atoms with Crippen molar-refractivity contribution >= 4 is 16.1 Å². The average molecular weight is 314 g/mol. The Morgan fingerprint density at radius 2 is 1.57 bits per heavy atom. The molecule has 0 aliphatic carbocycles. The summed E-state index contributed by atoms with van der Waals surface area (Å²) < 4.78 is 34.7. The second-order valence-corrected chi connectivity index (χ2v) is 7.19. The molecule has 0 unspecified atom stereocenters. The molecule has 1 aromatic carbocycles. The number of benzene rings is 1. The highest BCUT2D eigenvalue weighted by Gasteiger charge is 2.14. The largest absolute Gasteiger partial charge is 0.461 e. The number of hydrogen-bond acceptors (Lipinski definition) is 4. The van der Waals surface area contributed by atoms with Crippen LogP contribution in [0.5, 0.6) is 0 Å². The molecule has 118 valence electrons. The number of carbonyl (C=O) groups excluding carboxylic acids is 1. The van der Waals surface area contributed by atoms with Crippen molar-refractivity contribution in [1.29, 1.82) is 0 Å². The van der Waals surface area contributed by atoms with Crippen molar-refractivity contribution in [3.05, 3.63) is 34.9 Å². The minimum absolute atomic E-state index is 0.271. The van der Waals surface area contributed by atoms with Crippen molar-refractivity contribution in [2.75, 3.05) is 12.4 Å². The van der Waals surface area contributed by atoms with Crippen molar-refractivity contribution in [2.24, 2.45) is 0 Å². The first-order valence-corrected chi connectivity index (χ1v) is 8.48. The van der Waals surface area contributed by atoms with E-state index in [0.717, 1.165) is 11.1 Å². The number of carbonyl (C=O) groups is 1. The van der Waals surface area contributed by atoms with Crippen LogP contribution < -0.4 is 0 Å². The Morgan fingerprint density at radius 3 is 1.95 bits per heavy atom. The Kier molecular flexibility index (Phi) is 5.92. The van der Waals surface area contributed by atoms with Crippen molar-refractivity contribution in [3.8, 4) is 0 Å². The maximum absolute atomic E-state index is 12.0. The van der Waals surface area contributed by atoms with Crippen LogP contribution >= 0.6 is 0 Å². The second kappa shape index (κ2) is 7.04. The number of hydrogen-bond donors (Lipinski definition) is 1. The Bertz CT molecular complexity index is 576. The van der Waals surface area contributed by atoms with Crippen LogP contribution in [-0.4, -0.2) is 31.3 Å². The van der Waals surface area contributed by atoms with E-state index in [2.05, 4.69) is 6.07 Å². The van der Waals surface area contributed by atoms with Gasteiger partial charge in [-0.2, -0.15) is 8.42 Å². The molecule has 0 aromatic heterocycles. The summed E-state index contributed by atoms with van der Waals surface area (Å²) in [7, 11) is -4.12. The summed E-state index contributed by atoms with van der Waals surface area (Å²) in [6.45, 7) is 7.78. The van der Waals surface area contributed by atoms with Crippen LogP contribution in [0.1, 0.15) is 61.0 Å². The number of ether oxygens (including phenoxy) is 1. The first-order valence-electron chi connectivity index (χ1n) is 6.87. The molecule has 21 heavy (non-hydrogen) atoms. The van der Waals surface area contributed by atoms with Crippen molar-refractivity contribution in [3.63, 3.8) is 0 Å². The van der Waals surface area contributed by atoms with Gasteiger partial charge in [-0.15, -0.1) is 0 Å². The third-order valence-electron chi connectivity index (χ3n) is 3.12. The van der Waals surface area contributed by atoms with Gasteiger partial charge in [0.05, 0.1) is 5.56 Å². The van der Waals surface area contributed by atoms with Gasteiger partial charge in [-0.1, -0.05) is 33.8 Å². The molecule has 0 aliphatic heterocycles. The average Bonchev–Trinajstić information content (AvgIpc) is 2.36. The summed E-state index contributed by atoms with van der Waals surface area (Å²) in [5, 5.41) is 0. The summed E-state index contributed by atoms with van der Waals surface area (Å²) in [6, 6.07) is 5.57. The van der Waals surface area contributed by atoms with E-state index in [9.17, 15) is 13.2 Å². The zero-order chi connectivity index (χ0) is 16.2. The highest BCUT2D eigenvalue weighted by atomic mass is 32.2. The summed E-state index contributed by atoms with van der Waals surface area (Å²) in [4.78, 5) is 12.0. The fraction of sp³-hybridized carbons (Fsp3) is 0.533. The van der Waals surface area contributed by atoms with Crippen molar-refractivity contribution in [2.45, 2.75) is 39.5 Å². The van der Waals surface area contributed by atoms with Gasteiger partial charge in [0, 0.05) is 0 Å². The van der Waals surface area contributed by atoms with E-state index in [1.54, 1.807) is 12.1 Å². The van der Waals surface area contributed by atoms with Gasteiger partial charge >= 0.3 is 5.97 Å². The molecule has 0 saturated heterocycles. The van der Waals surface area contributed by atoms with Crippen LogP contribution in [0.15, 0.2) is 18.2 Å². The first-order chi connectivity index (χ1) is 9.60. The third kappa shape index (κ3) is 5.85. The predicted molar refractivity (Wildman–Crippen MR) is 81.3 cm³/mol. The fourth-order valence-corrected chi connectivity index (χ4v) is 2.08. The van der Waals surface area contributed by atoms with E-state index < -0.39 is 21.8 Å². The standard InChI is InChI=1S/C15H22O5S/c1-10(2)12-7-13(11(3)4)9-14(8-12)15(16)20-5-6-21(17,18)19/h7-11H,5-6H2,1-4H3,(H,17,18,19). The number of esters is 1. The molecule has 1 aromatic rings. The van der Waals surface area contributed by atoms with Gasteiger partial charge in [0.15, 0.2) is 0 Å². The SMILES string of the molecule is CC(C)c1cc(C(=O)OCCS(=O)(=O)O)cc(C(C)C)c1. The van der Waals surface area contributed by atoms with Crippen LogP contribution in [0.4, 0.5) is 0 Å². The summed E-state index contributed by atoms with van der Waals surface area (Å²) in [6.07, 6.45) is 0. The molecule has 5 nitrogen and oxygen atoms in total. The van der Waals surface area contributed by atoms with E-state index in [1.165, 1.54) is 0 Å². The van der Waals surface area contributed by atoms with E-state index in [-0.39, 0.29) is 18.4 Å². The molecule has 0 saturated carbocycles. The van der Waals surface area contributed by atoms with Crippen molar-refractivity contribution in [1.82, 2.24) is 0 Å². The van der Waals surface area contributed by atoms with Crippen LogP contribution in [0.25, 0.3) is 0 Å². The van der Waals surface area contributed by atoms with E-state index >= 15 is 0 Å². The quantitative estimate of drug-likeness (QED) is 0.645. The lowest BCUT2D eigenvalue weighted by Crippen LogP contribution is -2.15. The lowest BCUT2D eigenvalue weighted by atomic mass is 9.93. The third-order valence-corrected chi connectivity index (χ3v) is 3.80. The van der Waals surface area contributed by atoms with Crippen LogP contribution in [0.3, 0.4) is 0 Å². The lowest BCUT2D eigenvalue weighted by molar-refractivity contribution is 0.0528. The summed E-state index contributed by atoms with van der Waals surface area (Å²) in [5.41, 5.74) is 2.46. The Morgan fingerprint density at radius 1 is 1.10 bits per heavy atom. The highest BCUT2D eigenvalue weighted by molar-refractivity contribution is 7.85. The molecule has 0 amide bonds. The normalized spacial score (nSPS) is 12.0. The minimum Gasteiger partial charge on any atom is -0.461 e. The van der Waals surface area contributed by atoms with Gasteiger partial charge in [-0.3, -0.25) is 4.55 Å². The van der Waals surface area contributed by atoms with Crippen LogP contribution in [0.2, 0.25) is 0 Å². The molecule has 0 heterocycles. The first kappa shape index (κ1) is 17.7. The van der Waals surface area contributed by atoms with Gasteiger partial charge in [-0.25, -0.2) is 4.79 Å². The Labute approximate surface area is 126 Å². The predicted octanol–water partition coefficient (Wildman–Crippen LogP) is 2.98. The van der Waals surface area contributed by atoms with Crippen LogP contribution in [-0.2, 0) is 14.9 Å². The van der Waals surface area contributed by atoms with Gasteiger partial charge in [0.2, 0.25) is 0 Å². The maximum atomic E-state index is 12.0. The van der Waals surface area contributed by atoms with E-state index in [0.29, 0.717) is 5.56 Å². The Balaban J connectivity index is 2.92. The lowest BCUT2D eigenvalue weighted by Gasteiger charge is -2.14. The summed E-state index contributed by atoms with van der Waals surface area (Å²) in [5.74, 6) is -0.635. The molecular weight excluding hydrogens is 292 g/mol. The number of rotatable bonds is 6. The van der Waals surface area contributed by atoms with Crippen LogP contribution in [0, 0.1) is 0 Å². The zero-order valence-corrected chi connectivity index (χ0v) is 13.6. The molecule has 0 aliphatic rings. The van der Waals surface area contributed by atoms with Gasteiger partial charge in [-0.05, 0) is 35.1 Å². The molecular formula is C15H22O5S. The molecule has 0 spiro atoms. The van der Waals surface area contributed by atoms with Crippen molar-refractivity contribution < 1.29 is 22.5 Å². The van der Waals surface area contributed by atoms with Gasteiger partial charge < -0.3 is 4.74 Å². The molecule has 0 bridgehead atoms. The van der Waals surface area contributed by atoms with Gasteiger partial charge in [0.1, 0.15) is 12.4 Å². The highest BCUT2D eigenvalue weighted by Crippen LogP contribution is 2.23. The molecule has 6 heteroatoms. The smallest absolute Gasteiger partial charge is 0.338 e. The molecule has 1 rings (SSSR count). The van der Waals surface area contributed by atoms with Gasteiger partial charge in [0.25, 0.3) is 10.1 Å². The molecule has 0 radical (unpaired) electrons. The summed E-state index contributed by atoms with van der Waals surface area (Å²) >= 11 is 0. The Hall–Kier alpha value is -1.40. The van der Waals surface area contributed by atoms with E-state index in [1.807, 2.05) is 27.7 Å². The molecule has 0 fully saturated rings. The molecule has 0 atom stereocenters.